The quantitative estimate of drug-likeness (QED) is 0.504. The summed E-state index contributed by atoms with van der Waals surface area (Å²) in [4.78, 5) is 0. The lowest BCUT2D eigenvalue weighted by molar-refractivity contribution is 0.238. The SMILES string of the molecule is C1=CC2C3=CCC=C3C1C21CCCC1. The predicted octanol–water partition coefficient (Wildman–Crippen LogP) is 3.62. The van der Waals surface area contributed by atoms with Gasteiger partial charge in [-0.15, -0.1) is 0 Å². The molecule has 4 aliphatic carbocycles. The highest BCUT2D eigenvalue weighted by atomic mass is 14.6. The Kier molecular flexibility index (Phi) is 1.20. The normalized spacial score (nSPS) is 40.6. The van der Waals surface area contributed by atoms with Crippen LogP contribution in [0.25, 0.3) is 0 Å². The maximum Gasteiger partial charge on any atom is 0.00833 e. The first-order chi connectivity index (χ1) is 6.92. The van der Waals surface area contributed by atoms with Gasteiger partial charge in [-0.2, -0.15) is 0 Å². The highest BCUT2D eigenvalue weighted by Crippen LogP contribution is 2.66. The van der Waals surface area contributed by atoms with Crippen molar-refractivity contribution in [3.05, 3.63) is 35.5 Å². The second kappa shape index (κ2) is 2.24. The summed E-state index contributed by atoms with van der Waals surface area (Å²) < 4.78 is 0. The van der Waals surface area contributed by atoms with E-state index in [9.17, 15) is 0 Å². The van der Waals surface area contributed by atoms with Gasteiger partial charge in [0.1, 0.15) is 0 Å². The first-order valence-corrected chi connectivity index (χ1v) is 6.01. The van der Waals surface area contributed by atoms with Crippen LogP contribution in [-0.2, 0) is 0 Å². The molecule has 4 rings (SSSR count). The van der Waals surface area contributed by atoms with Crippen LogP contribution in [0, 0.1) is 17.3 Å². The average molecular weight is 184 g/mol. The van der Waals surface area contributed by atoms with Crippen molar-refractivity contribution in [3.8, 4) is 0 Å². The van der Waals surface area contributed by atoms with E-state index in [1.807, 2.05) is 0 Å². The van der Waals surface area contributed by atoms with Gasteiger partial charge in [0.05, 0.1) is 0 Å². The molecule has 2 unspecified atom stereocenters. The number of hydrogen-bond acceptors (Lipinski definition) is 0. The zero-order valence-electron chi connectivity index (χ0n) is 8.50. The molecule has 1 spiro atoms. The molecule has 2 fully saturated rings. The number of hydrogen-bond donors (Lipinski definition) is 0. The maximum absolute atomic E-state index is 2.50. The smallest absolute Gasteiger partial charge is 0.00833 e. The molecule has 0 nitrogen and oxygen atoms in total. The average Bonchev–Trinajstić information content (AvgIpc) is 2.94. The third kappa shape index (κ3) is 0.627. The van der Waals surface area contributed by atoms with E-state index in [4.69, 9.17) is 0 Å². The van der Waals surface area contributed by atoms with E-state index in [1.165, 1.54) is 32.1 Å². The fraction of sp³-hybridized carbons (Fsp3) is 0.571. The molecule has 72 valence electrons. The van der Waals surface area contributed by atoms with Gasteiger partial charge < -0.3 is 0 Å². The van der Waals surface area contributed by atoms with Crippen molar-refractivity contribution in [3.63, 3.8) is 0 Å². The number of allylic oxidation sites excluding steroid dienone is 6. The van der Waals surface area contributed by atoms with Crippen LogP contribution >= 0.6 is 0 Å². The van der Waals surface area contributed by atoms with Gasteiger partial charge in [0, 0.05) is 11.8 Å². The van der Waals surface area contributed by atoms with E-state index in [1.54, 1.807) is 11.1 Å². The summed E-state index contributed by atoms with van der Waals surface area (Å²) in [6.45, 7) is 0. The monoisotopic (exact) mass is 184 g/mol. The van der Waals surface area contributed by atoms with Crippen LogP contribution in [0.5, 0.6) is 0 Å². The van der Waals surface area contributed by atoms with Crippen LogP contribution < -0.4 is 0 Å². The van der Waals surface area contributed by atoms with Crippen molar-refractivity contribution in [2.45, 2.75) is 32.1 Å². The summed E-state index contributed by atoms with van der Waals surface area (Å²) in [6, 6.07) is 0. The Labute approximate surface area is 85.4 Å². The van der Waals surface area contributed by atoms with E-state index >= 15 is 0 Å². The minimum absolute atomic E-state index is 0.665. The van der Waals surface area contributed by atoms with Crippen molar-refractivity contribution < 1.29 is 0 Å². The Morgan fingerprint density at radius 2 is 1.50 bits per heavy atom. The largest absolute Gasteiger partial charge is 0.0798 e. The summed E-state index contributed by atoms with van der Waals surface area (Å²) in [5, 5.41) is 0. The molecule has 0 aromatic rings. The first-order valence-electron chi connectivity index (χ1n) is 6.01. The van der Waals surface area contributed by atoms with E-state index in [-0.39, 0.29) is 0 Å². The number of rotatable bonds is 0. The van der Waals surface area contributed by atoms with Crippen molar-refractivity contribution in [1.29, 1.82) is 0 Å². The lowest BCUT2D eigenvalue weighted by Gasteiger charge is -2.29. The molecule has 2 saturated carbocycles. The zero-order chi connectivity index (χ0) is 9.17. The summed E-state index contributed by atoms with van der Waals surface area (Å²) >= 11 is 0. The maximum atomic E-state index is 2.50. The van der Waals surface area contributed by atoms with Gasteiger partial charge in [-0.05, 0) is 35.8 Å². The van der Waals surface area contributed by atoms with Gasteiger partial charge >= 0.3 is 0 Å². The van der Waals surface area contributed by atoms with Crippen LogP contribution in [0.4, 0.5) is 0 Å². The third-order valence-electron chi connectivity index (χ3n) is 4.95. The summed E-state index contributed by atoms with van der Waals surface area (Å²) in [7, 11) is 0. The van der Waals surface area contributed by atoms with Gasteiger partial charge in [0.25, 0.3) is 0 Å². The van der Waals surface area contributed by atoms with Gasteiger partial charge in [-0.1, -0.05) is 37.1 Å². The molecular weight excluding hydrogens is 168 g/mol. The Morgan fingerprint density at radius 1 is 0.929 bits per heavy atom. The minimum Gasteiger partial charge on any atom is -0.0798 e. The molecule has 2 atom stereocenters. The van der Waals surface area contributed by atoms with E-state index in [0.717, 1.165) is 11.8 Å². The molecule has 0 aliphatic heterocycles. The number of fused-ring (bicyclic) bond motifs is 3. The minimum atomic E-state index is 0.665. The lowest BCUT2D eigenvalue weighted by atomic mass is 9.74. The predicted molar refractivity (Wildman–Crippen MR) is 57.8 cm³/mol. The molecule has 0 saturated heterocycles. The summed E-state index contributed by atoms with van der Waals surface area (Å²) in [5.74, 6) is 1.62. The Hall–Kier alpha value is -0.780. The Bertz CT molecular complexity index is 345. The Morgan fingerprint density at radius 3 is 2.07 bits per heavy atom. The molecule has 0 amide bonds. The molecule has 14 heavy (non-hydrogen) atoms. The zero-order valence-corrected chi connectivity index (χ0v) is 8.50. The van der Waals surface area contributed by atoms with Crippen LogP contribution in [0.1, 0.15) is 32.1 Å². The molecule has 0 heterocycles. The molecule has 0 N–H and O–H groups in total. The van der Waals surface area contributed by atoms with Gasteiger partial charge in [-0.3, -0.25) is 0 Å². The highest BCUT2D eigenvalue weighted by Gasteiger charge is 2.57. The molecule has 0 heteroatoms. The Balaban J connectivity index is 1.90. The molecule has 0 aromatic heterocycles. The van der Waals surface area contributed by atoms with E-state index in [0.29, 0.717) is 5.41 Å². The third-order valence-corrected chi connectivity index (χ3v) is 4.95. The summed E-state index contributed by atoms with van der Waals surface area (Å²) in [5.41, 5.74) is 4.08. The van der Waals surface area contributed by atoms with Crippen molar-refractivity contribution >= 4 is 0 Å². The van der Waals surface area contributed by atoms with Crippen LogP contribution in [0.15, 0.2) is 35.5 Å². The second-order valence-corrected chi connectivity index (χ2v) is 5.34. The van der Waals surface area contributed by atoms with Crippen LogP contribution in [0.2, 0.25) is 0 Å². The summed E-state index contributed by atoms with van der Waals surface area (Å²) in [6.07, 6.45) is 17.1. The van der Waals surface area contributed by atoms with Crippen molar-refractivity contribution in [1.82, 2.24) is 0 Å². The van der Waals surface area contributed by atoms with Crippen molar-refractivity contribution in [2.24, 2.45) is 17.3 Å². The molecule has 4 aliphatic rings. The van der Waals surface area contributed by atoms with Gasteiger partial charge in [0.2, 0.25) is 0 Å². The van der Waals surface area contributed by atoms with Gasteiger partial charge in [-0.25, -0.2) is 0 Å². The molecule has 0 aromatic carbocycles. The van der Waals surface area contributed by atoms with E-state index < -0.39 is 0 Å². The van der Waals surface area contributed by atoms with Crippen LogP contribution in [0.3, 0.4) is 0 Å². The second-order valence-electron chi connectivity index (χ2n) is 5.34. The fourth-order valence-corrected chi connectivity index (χ4v) is 4.44. The molecular formula is C14H16. The standard InChI is InChI=1S/C14H16/c1-2-9-14(8-1)12-6-7-13(14)11-5-3-4-10(11)12/h4-7,12-13H,1-3,8-9H2. The first kappa shape index (κ1) is 7.50. The lowest BCUT2D eigenvalue weighted by Crippen LogP contribution is -2.23. The molecule has 2 bridgehead atoms. The van der Waals surface area contributed by atoms with Gasteiger partial charge in [0.15, 0.2) is 0 Å². The topological polar surface area (TPSA) is 0 Å². The highest BCUT2D eigenvalue weighted by molar-refractivity contribution is 5.55. The van der Waals surface area contributed by atoms with Crippen molar-refractivity contribution in [2.75, 3.05) is 0 Å². The van der Waals surface area contributed by atoms with Crippen LogP contribution in [-0.4, -0.2) is 0 Å². The molecule has 0 radical (unpaired) electrons. The van der Waals surface area contributed by atoms with E-state index in [2.05, 4.69) is 24.3 Å². The fourth-order valence-electron chi connectivity index (χ4n) is 4.44.